The summed E-state index contributed by atoms with van der Waals surface area (Å²) in [5.41, 5.74) is 3.43. The van der Waals surface area contributed by atoms with Crippen molar-refractivity contribution in [2.75, 3.05) is 0 Å². The minimum Gasteiger partial charge on any atom is -0.487 e. The quantitative estimate of drug-likeness (QED) is 0.930. The molecule has 3 nitrogen and oxygen atoms in total. The minimum absolute atomic E-state index is 0.148. The molecule has 2 aromatic rings. The van der Waals surface area contributed by atoms with Gasteiger partial charge in [0.25, 0.3) is 0 Å². The first-order valence-electron chi connectivity index (χ1n) is 7.47. The van der Waals surface area contributed by atoms with E-state index in [0.29, 0.717) is 6.04 Å². The van der Waals surface area contributed by atoms with Crippen molar-refractivity contribution in [3.63, 3.8) is 0 Å². The lowest BCUT2D eigenvalue weighted by Crippen LogP contribution is -2.39. The Morgan fingerprint density at radius 2 is 2.05 bits per heavy atom. The molecule has 21 heavy (non-hydrogen) atoms. The summed E-state index contributed by atoms with van der Waals surface area (Å²) in [4.78, 5) is 4.46. The van der Waals surface area contributed by atoms with Gasteiger partial charge in [-0.25, -0.2) is 0 Å². The number of hydrogen-bond acceptors (Lipinski definition) is 3. The molecule has 0 bridgehead atoms. The number of benzene rings is 1. The van der Waals surface area contributed by atoms with E-state index in [4.69, 9.17) is 4.74 Å². The van der Waals surface area contributed by atoms with Gasteiger partial charge < -0.3 is 10.1 Å². The van der Waals surface area contributed by atoms with Crippen LogP contribution in [0.3, 0.4) is 0 Å². The van der Waals surface area contributed by atoms with Crippen LogP contribution in [-0.4, -0.2) is 10.6 Å². The number of pyridine rings is 1. The highest BCUT2D eigenvalue weighted by atomic mass is 16.5. The van der Waals surface area contributed by atoms with E-state index in [1.165, 1.54) is 11.1 Å². The Hall–Kier alpha value is -1.87. The van der Waals surface area contributed by atoms with Crippen molar-refractivity contribution in [1.82, 2.24) is 10.3 Å². The maximum Gasteiger partial charge on any atom is 0.124 e. The van der Waals surface area contributed by atoms with Crippen LogP contribution < -0.4 is 10.1 Å². The Labute approximate surface area is 126 Å². The molecule has 0 saturated heterocycles. The Morgan fingerprint density at radius 3 is 2.86 bits per heavy atom. The smallest absolute Gasteiger partial charge is 0.124 e. The van der Waals surface area contributed by atoms with E-state index < -0.39 is 0 Å². The maximum atomic E-state index is 6.07. The molecule has 0 saturated carbocycles. The van der Waals surface area contributed by atoms with Gasteiger partial charge in [0.2, 0.25) is 0 Å². The topological polar surface area (TPSA) is 34.2 Å². The molecule has 1 unspecified atom stereocenters. The lowest BCUT2D eigenvalue weighted by molar-refractivity contribution is 0.0656. The van der Waals surface area contributed by atoms with Crippen LogP contribution in [0, 0.1) is 6.92 Å². The van der Waals surface area contributed by atoms with Crippen LogP contribution in [-0.2, 0) is 6.54 Å². The van der Waals surface area contributed by atoms with Crippen LogP contribution in [0.4, 0.5) is 0 Å². The van der Waals surface area contributed by atoms with Crippen molar-refractivity contribution in [1.29, 1.82) is 0 Å². The first-order valence-corrected chi connectivity index (χ1v) is 7.47. The molecule has 0 radical (unpaired) electrons. The molecular formula is C18H22N2O. The van der Waals surface area contributed by atoms with E-state index in [1.807, 2.05) is 18.3 Å². The molecule has 1 aliphatic rings. The highest BCUT2D eigenvalue weighted by Gasteiger charge is 2.33. The number of ether oxygens (including phenoxy) is 1. The molecule has 3 heteroatoms. The van der Waals surface area contributed by atoms with Crippen molar-refractivity contribution in [2.45, 2.75) is 45.4 Å². The average molecular weight is 282 g/mol. The maximum absolute atomic E-state index is 6.07. The van der Waals surface area contributed by atoms with Gasteiger partial charge in [0.15, 0.2) is 0 Å². The first-order chi connectivity index (χ1) is 10.1. The fraction of sp³-hybridized carbons (Fsp3) is 0.389. The second-order valence-corrected chi connectivity index (χ2v) is 6.30. The summed E-state index contributed by atoms with van der Waals surface area (Å²) in [5, 5.41) is 3.65. The van der Waals surface area contributed by atoms with E-state index in [0.717, 1.165) is 24.4 Å². The van der Waals surface area contributed by atoms with Gasteiger partial charge in [-0.1, -0.05) is 24.3 Å². The van der Waals surface area contributed by atoms with Gasteiger partial charge in [-0.3, -0.25) is 4.98 Å². The average Bonchev–Trinajstić information content (AvgIpc) is 2.45. The number of nitrogens with zero attached hydrogens (tertiary/aromatic N) is 1. The Kier molecular flexibility index (Phi) is 3.68. The standard InChI is InChI=1S/C18H22N2O/c1-13-7-6-10-19-16(13)12-20-15-11-18(2,3)21-17-9-5-4-8-14(15)17/h4-10,15,20H,11-12H2,1-3H3. The zero-order chi connectivity index (χ0) is 14.9. The molecule has 1 N–H and O–H groups in total. The van der Waals surface area contributed by atoms with Gasteiger partial charge >= 0.3 is 0 Å². The lowest BCUT2D eigenvalue weighted by atomic mass is 9.89. The highest BCUT2D eigenvalue weighted by molar-refractivity contribution is 5.38. The zero-order valence-corrected chi connectivity index (χ0v) is 12.9. The molecule has 0 fully saturated rings. The van der Waals surface area contributed by atoms with Gasteiger partial charge in [-0.05, 0) is 38.5 Å². The number of aryl methyl sites for hydroxylation is 1. The van der Waals surface area contributed by atoms with Gasteiger partial charge in [-0.15, -0.1) is 0 Å². The molecule has 0 aliphatic carbocycles. The van der Waals surface area contributed by atoms with Crippen LogP contribution in [0.25, 0.3) is 0 Å². The van der Waals surface area contributed by atoms with Crippen molar-refractivity contribution in [3.8, 4) is 5.75 Å². The van der Waals surface area contributed by atoms with Crippen LogP contribution in [0.2, 0.25) is 0 Å². The van der Waals surface area contributed by atoms with E-state index in [9.17, 15) is 0 Å². The summed E-state index contributed by atoms with van der Waals surface area (Å²) in [6.45, 7) is 7.17. The van der Waals surface area contributed by atoms with Crippen LogP contribution in [0.5, 0.6) is 5.75 Å². The first kappa shape index (κ1) is 14.1. The molecule has 1 aromatic heterocycles. The monoisotopic (exact) mass is 282 g/mol. The number of rotatable bonds is 3. The van der Waals surface area contributed by atoms with Crippen LogP contribution in [0.1, 0.15) is 43.1 Å². The number of fused-ring (bicyclic) bond motifs is 1. The van der Waals surface area contributed by atoms with Crippen LogP contribution >= 0.6 is 0 Å². The van der Waals surface area contributed by atoms with Crippen molar-refractivity contribution >= 4 is 0 Å². The van der Waals surface area contributed by atoms with Gasteiger partial charge in [-0.2, -0.15) is 0 Å². The fourth-order valence-electron chi connectivity index (χ4n) is 2.91. The van der Waals surface area contributed by atoms with E-state index >= 15 is 0 Å². The second kappa shape index (κ2) is 5.49. The fourth-order valence-corrected chi connectivity index (χ4v) is 2.91. The second-order valence-electron chi connectivity index (χ2n) is 6.30. The van der Waals surface area contributed by atoms with Gasteiger partial charge in [0.05, 0.1) is 5.69 Å². The molecule has 1 atom stereocenters. The summed E-state index contributed by atoms with van der Waals surface area (Å²) in [5.74, 6) is 0.990. The van der Waals surface area contributed by atoms with E-state index in [2.05, 4.69) is 55.3 Å². The molecule has 1 aromatic carbocycles. The summed E-state index contributed by atoms with van der Waals surface area (Å²) < 4.78 is 6.07. The molecule has 2 heterocycles. The summed E-state index contributed by atoms with van der Waals surface area (Å²) in [7, 11) is 0. The van der Waals surface area contributed by atoms with Gasteiger partial charge in [0, 0.05) is 30.8 Å². The number of para-hydroxylation sites is 1. The molecule has 110 valence electrons. The lowest BCUT2D eigenvalue weighted by Gasteiger charge is -2.38. The van der Waals surface area contributed by atoms with E-state index in [-0.39, 0.29) is 5.60 Å². The number of hydrogen-bond donors (Lipinski definition) is 1. The van der Waals surface area contributed by atoms with E-state index in [1.54, 1.807) is 0 Å². The predicted octanol–water partition coefficient (Wildman–Crippen LogP) is 3.78. The SMILES string of the molecule is Cc1cccnc1CNC1CC(C)(C)Oc2ccccc21. The Balaban J connectivity index is 1.80. The van der Waals surface area contributed by atoms with Crippen LogP contribution in [0.15, 0.2) is 42.6 Å². The normalized spacial score (nSPS) is 19.7. The largest absolute Gasteiger partial charge is 0.487 e. The molecule has 0 spiro atoms. The number of aromatic nitrogens is 1. The summed E-state index contributed by atoms with van der Waals surface area (Å²) >= 11 is 0. The highest BCUT2D eigenvalue weighted by Crippen LogP contribution is 2.39. The third kappa shape index (κ3) is 3.08. The third-order valence-corrected chi connectivity index (χ3v) is 4.01. The van der Waals surface area contributed by atoms with Crippen molar-refractivity contribution in [2.24, 2.45) is 0 Å². The third-order valence-electron chi connectivity index (χ3n) is 4.01. The molecule has 0 amide bonds. The zero-order valence-electron chi connectivity index (χ0n) is 12.9. The Morgan fingerprint density at radius 1 is 1.24 bits per heavy atom. The van der Waals surface area contributed by atoms with Gasteiger partial charge in [0.1, 0.15) is 11.4 Å². The molecule has 1 aliphatic heterocycles. The summed E-state index contributed by atoms with van der Waals surface area (Å²) in [6.07, 6.45) is 2.81. The Bertz CT molecular complexity index is 637. The molecule has 3 rings (SSSR count). The number of nitrogens with one attached hydrogen (secondary N) is 1. The van der Waals surface area contributed by atoms with Crippen molar-refractivity contribution in [3.05, 3.63) is 59.4 Å². The minimum atomic E-state index is -0.148. The molecular weight excluding hydrogens is 260 g/mol. The van der Waals surface area contributed by atoms with Crippen molar-refractivity contribution < 1.29 is 4.74 Å². The predicted molar refractivity (Wildman–Crippen MR) is 84.3 cm³/mol. The summed E-state index contributed by atoms with van der Waals surface area (Å²) in [6, 6.07) is 12.7.